The predicted octanol–water partition coefficient (Wildman–Crippen LogP) is 2.52. The van der Waals surface area contributed by atoms with E-state index in [1.54, 1.807) is 0 Å². The van der Waals surface area contributed by atoms with Crippen molar-refractivity contribution in [2.75, 3.05) is 38.3 Å². The lowest BCUT2D eigenvalue weighted by Gasteiger charge is -2.29. The van der Waals surface area contributed by atoms with Gasteiger partial charge in [0.1, 0.15) is 0 Å². The van der Waals surface area contributed by atoms with E-state index < -0.39 is 0 Å². The molecule has 0 aromatic heterocycles. The molecule has 1 aromatic carbocycles. The summed E-state index contributed by atoms with van der Waals surface area (Å²) in [4.78, 5) is 6.74. The number of ether oxygens (including phenoxy) is 1. The maximum absolute atomic E-state index is 5.41. The zero-order valence-corrected chi connectivity index (χ0v) is 14.8. The van der Waals surface area contributed by atoms with Crippen LogP contribution in [0.3, 0.4) is 0 Å². The molecule has 1 saturated carbocycles. The molecule has 1 aromatic rings. The van der Waals surface area contributed by atoms with E-state index in [1.807, 2.05) is 7.05 Å². The second-order valence-corrected chi connectivity index (χ2v) is 6.67. The Balaban J connectivity index is 1.48. The molecule has 0 atom stereocenters. The molecule has 5 nitrogen and oxygen atoms in total. The fourth-order valence-corrected chi connectivity index (χ4v) is 3.47. The molecule has 5 heteroatoms. The van der Waals surface area contributed by atoms with Gasteiger partial charge in [0.25, 0.3) is 0 Å². The Morgan fingerprint density at radius 1 is 1.12 bits per heavy atom. The highest BCUT2D eigenvalue weighted by atomic mass is 16.5. The first kappa shape index (κ1) is 17.1. The smallest absolute Gasteiger partial charge is 0.191 e. The van der Waals surface area contributed by atoms with Gasteiger partial charge in [-0.15, -0.1) is 0 Å². The molecule has 1 aliphatic heterocycles. The van der Waals surface area contributed by atoms with Crippen molar-refractivity contribution in [3.63, 3.8) is 0 Å². The number of aliphatic imine (C=N–C) groups is 1. The first-order valence-electron chi connectivity index (χ1n) is 9.24. The van der Waals surface area contributed by atoms with Crippen molar-refractivity contribution in [1.82, 2.24) is 10.6 Å². The standard InChI is InChI=1S/C19H30N4O/c1-20-19(22-17-5-3-2-4-6-17)21-15-16-7-9-18(10-8-16)23-11-13-24-14-12-23/h7-10,17H,2-6,11-15H2,1H3,(H2,20,21,22). The topological polar surface area (TPSA) is 48.9 Å². The highest BCUT2D eigenvalue weighted by Crippen LogP contribution is 2.18. The minimum absolute atomic E-state index is 0.577. The quantitative estimate of drug-likeness (QED) is 0.658. The number of hydrogen-bond acceptors (Lipinski definition) is 3. The number of nitrogens with one attached hydrogen (secondary N) is 2. The van der Waals surface area contributed by atoms with Gasteiger partial charge in [-0.3, -0.25) is 4.99 Å². The van der Waals surface area contributed by atoms with Crippen molar-refractivity contribution in [3.05, 3.63) is 29.8 Å². The summed E-state index contributed by atoms with van der Waals surface area (Å²) in [6.07, 6.45) is 6.55. The van der Waals surface area contributed by atoms with Crippen LogP contribution in [-0.4, -0.2) is 45.4 Å². The summed E-state index contributed by atoms with van der Waals surface area (Å²) in [6.45, 7) is 4.42. The maximum Gasteiger partial charge on any atom is 0.191 e. The van der Waals surface area contributed by atoms with Crippen LogP contribution in [0.15, 0.2) is 29.3 Å². The van der Waals surface area contributed by atoms with Gasteiger partial charge in [-0.1, -0.05) is 31.4 Å². The lowest BCUT2D eigenvalue weighted by molar-refractivity contribution is 0.122. The lowest BCUT2D eigenvalue weighted by atomic mass is 9.96. The van der Waals surface area contributed by atoms with Crippen LogP contribution in [0, 0.1) is 0 Å². The molecule has 24 heavy (non-hydrogen) atoms. The van der Waals surface area contributed by atoms with Crippen LogP contribution in [0.25, 0.3) is 0 Å². The van der Waals surface area contributed by atoms with E-state index in [4.69, 9.17) is 4.74 Å². The molecule has 2 N–H and O–H groups in total. The molecule has 0 spiro atoms. The Morgan fingerprint density at radius 2 is 1.83 bits per heavy atom. The molecule has 0 unspecified atom stereocenters. The fraction of sp³-hybridized carbons (Fsp3) is 0.632. The van der Waals surface area contributed by atoms with Crippen LogP contribution in [0.4, 0.5) is 5.69 Å². The minimum Gasteiger partial charge on any atom is -0.378 e. The van der Waals surface area contributed by atoms with E-state index in [1.165, 1.54) is 43.4 Å². The summed E-state index contributed by atoms with van der Waals surface area (Å²) in [5.74, 6) is 0.916. The van der Waals surface area contributed by atoms with E-state index in [2.05, 4.69) is 44.8 Å². The molecule has 0 amide bonds. The number of anilines is 1. The van der Waals surface area contributed by atoms with Gasteiger partial charge in [0.05, 0.1) is 13.2 Å². The number of morpholine rings is 1. The molecule has 0 bridgehead atoms. The highest BCUT2D eigenvalue weighted by molar-refractivity contribution is 5.79. The van der Waals surface area contributed by atoms with Crippen molar-refractivity contribution >= 4 is 11.6 Å². The first-order chi connectivity index (χ1) is 11.8. The number of nitrogens with zero attached hydrogens (tertiary/aromatic N) is 2. The normalized spacial score (nSPS) is 20.0. The third kappa shape index (κ3) is 4.87. The van der Waals surface area contributed by atoms with Crippen LogP contribution in [0.1, 0.15) is 37.7 Å². The average molecular weight is 330 g/mol. The van der Waals surface area contributed by atoms with E-state index in [9.17, 15) is 0 Å². The van der Waals surface area contributed by atoms with Crippen molar-refractivity contribution in [2.24, 2.45) is 4.99 Å². The molecular weight excluding hydrogens is 300 g/mol. The third-order valence-corrected chi connectivity index (χ3v) is 4.94. The van der Waals surface area contributed by atoms with Crippen LogP contribution in [-0.2, 0) is 11.3 Å². The molecule has 2 aliphatic rings. The molecular formula is C19H30N4O. The van der Waals surface area contributed by atoms with Crippen LogP contribution in [0.2, 0.25) is 0 Å². The second-order valence-electron chi connectivity index (χ2n) is 6.67. The highest BCUT2D eigenvalue weighted by Gasteiger charge is 2.14. The fourth-order valence-electron chi connectivity index (χ4n) is 3.47. The van der Waals surface area contributed by atoms with Gasteiger partial charge >= 0.3 is 0 Å². The zero-order chi connectivity index (χ0) is 16.6. The molecule has 1 heterocycles. The van der Waals surface area contributed by atoms with Gasteiger partial charge in [0.2, 0.25) is 0 Å². The molecule has 2 fully saturated rings. The third-order valence-electron chi connectivity index (χ3n) is 4.94. The molecule has 0 radical (unpaired) electrons. The Hall–Kier alpha value is -1.75. The summed E-state index contributed by atoms with van der Waals surface area (Å²) in [6, 6.07) is 9.39. The minimum atomic E-state index is 0.577. The number of benzene rings is 1. The summed E-state index contributed by atoms with van der Waals surface area (Å²) in [5, 5.41) is 6.99. The number of guanidine groups is 1. The summed E-state index contributed by atoms with van der Waals surface area (Å²) < 4.78 is 5.41. The predicted molar refractivity (Wildman–Crippen MR) is 99.7 cm³/mol. The Labute approximate surface area is 145 Å². The number of rotatable bonds is 4. The first-order valence-corrected chi connectivity index (χ1v) is 9.24. The van der Waals surface area contributed by atoms with Gasteiger partial charge in [-0.25, -0.2) is 0 Å². The molecule has 1 saturated heterocycles. The van der Waals surface area contributed by atoms with E-state index in [-0.39, 0.29) is 0 Å². The molecule has 132 valence electrons. The zero-order valence-electron chi connectivity index (χ0n) is 14.8. The van der Waals surface area contributed by atoms with E-state index >= 15 is 0 Å². The van der Waals surface area contributed by atoms with Crippen molar-refractivity contribution in [1.29, 1.82) is 0 Å². The summed E-state index contributed by atoms with van der Waals surface area (Å²) in [7, 11) is 1.85. The maximum atomic E-state index is 5.41. The lowest BCUT2D eigenvalue weighted by Crippen LogP contribution is -2.43. The second kappa shape index (κ2) is 8.92. The Kier molecular flexibility index (Phi) is 6.35. The van der Waals surface area contributed by atoms with Gasteiger partial charge in [0, 0.05) is 38.4 Å². The van der Waals surface area contributed by atoms with Gasteiger partial charge in [0.15, 0.2) is 5.96 Å². The Bertz CT molecular complexity index is 517. The van der Waals surface area contributed by atoms with Crippen LogP contribution >= 0.6 is 0 Å². The van der Waals surface area contributed by atoms with Crippen LogP contribution in [0.5, 0.6) is 0 Å². The molecule has 3 rings (SSSR count). The van der Waals surface area contributed by atoms with Crippen molar-refractivity contribution < 1.29 is 4.74 Å². The summed E-state index contributed by atoms with van der Waals surface area (Å²) in [5.41, 5.74) is 2.56. The average Bonchev–Trinajstić information content (AvgIpc) is 2.67. The Morgan fingerprint density at radius 3 is 2.50 bits per heavy atom. The van der Waals surface area contributed by atoms with E-state index in [0.717, 1.165) is 38.8 Å². The molecule has 1 aliphatic carbocycles. The monoisotopic (exact) mass is 330 g/mol. The number of hydrogen-bond donors (Lipinski definition) is 2. The van der Waals surface area contributed by atoms with Crippen LogP contribution < -0.4 is 15.5 Å². The van der Waals surface area contributed by atoms with Gasteiger partial charge < -0.3 is 20.3 Å². The van der Waals surface area contributed by atoms with Gasteiger partial charge in [-0.2, -0.15) is 0 Å². The van der Waals surface area contributed by atoms with Crippen molar-refractivity contribution in [2.45, 2.75) is 44.7 Å². The van der Waals surface area contributed by atoms with E-state index in [0.29, 0.717) is 6.04 Å². The largest absolute Gasteiger partial charge is 0.378 e. The van der Waals surface area contributed by atoms with Crippen molar-refractivity contribution in [3.8, 4) is 0 Å². The summed E-state index contributed by atoms with van der Waals surface area (Å²) >= 11 is 0. The van der Waals surface area contributed by atoms with Gasteiger partial charge in [-0.05, 0) is 30.5 Å². The SMILES string of the molecule is CN=C(NCc1ccc(N2CCOCC2)cc1)NC1CCCCC1.